The third kappa shape index (κ3) is 3.17. The highest BCUT2D eigenvalue weighted by atomic mass is 79.9. The summed E-state index contributed by atoms with van der Waals surface area (Å²) in [5, 5.41) is 10.7. The van der Waals surface area contributed by atoms with Crippen molar-refractivity contribution in [2.24, 2.45) is 0 Å². The van der Waals surface area contributed by atoms with Gasteiger partial charge in [-0.15, -0.1) is 0 Å². The smallest absolute Gasteiger partial charge is 0.119 e. The zero-order chi connectivity index (χ0) is 13.9. The molecule has 0 saturated carbocycles. The lowest BCUT2D eigenvalue weighted by atomic mass is 9.88. The molecule has 0 heterocycles. The molecule has 0 aliphatic rings. The number of hydrogen-bond acceptors (Lipinski definition) is 2. The van der Waals surface area contributed by atoms with Gasteiger partial charge in [0.15, 0.2) is 0 Å². The molecule has 1 unspecified atom stereocenters. The fourth-order valence-electron chi connectivity index (χ4n) is 2.00. The van der Waals surface area contributed by atoms with Crippen LogP contribution in [0, 0.1) is 0 Å². The zero-order valence-electron chi connectivity index (χ0n) is 11.1. The number of aliphatic hydroxyl groups is 1. The van der Waals surface area contributed by atoms with E-state index in [1.54, 1.807) is 6.92 Å². The Kier molecular flexibility index (Phi) is 4.27. The quantitative estimate of drug-likeness (QED) is 0.918. The Morgan fingerprint density at radius 3 is 2.37 bits per heavy atom. The summed E-state index contributed by atoms with van der Waals surface area (Å²) in [6, 6.07) is 15.3. The van der Waals surface area contributed by atoms with Gasteiger partial charge < -0.3 is 9.84 Å². The Hall–Kier alpha value is -1.32. The molecule has 2 aromatic rings. The molecule has 1 atom stereocenters. The Morgan fingerprint density at radius 1 is 1.11 bits per heavy atom. The van der Waals surface area contributed by atoms with Gasteiger partial charge in [-0.2, -0.15) is 0 Å². The lowest BCUT2D eigenvalue weighted by molar-refractivity contribution is 0.102. The molecular formula is C16H17BrO2. The summed E-state index contributed by atoms with van der Waals surface area (Å²) in [7, 11) is 0. The fraction of sp³-hybridized carbons (Fsp3) is 0.250. The van der Waals surface area contributed by atoms with Gasteiger partial charge in [-0.05, 0) is 49.2 Å². The molecule has 100 valence electrons. The minimum absolute atomic E-state index is 0.640. The van der Waals surface area contributed by atoms with Gasteiger partial charge in [0.05, 0.1) is 6.61 Å². The van der Waals surface area contributed by atoms with Gasteiger partial charge in [-0.3, -0.25) is 0 Å². The highest BCUT2D eigenvalue weighted by molar-refractivity contribution is 9.10. The minimum Gasteiger partial charge on any atom is -0.494 e. The average Bonchev–Trinajstić information content (AvgIpc) is 2.40. The zero-order valence-corrected chi connectivity index (χ0v) is 12.6. The van der Waals surface area contributed by atoms with E-state index in [1.165, 1.54) is 0 Å². The van der Waals surface area contributed by atoms with Crippen LogP contribution in [0.15, 0.2) is 53.0 Å². The first-order valence-corrected chi connectivity index (χ1v) is 7.05. The molecule has 2 rings (SSSR count). The van der Waals surface area contributed by atoms with E-state index < -0.39 is 5.60 Å². The van der Waals surface area contributed by atoms with Crippen LogP contribution in [0.1, 0.15) is 25.0 Å². The lowest BCUT2D eigenvalue weighted by Gasteiger charge is -2.25. The second-order valence-corrected chi connectivity index (χ2v) is 5.46. The Balaban J connectivity index is 2.33. The molecule has 0 aliphatic carbocycles. The van der Waals surface area contributed by atoms with Crippen LogP contribution in [-0.4, -0.2) is 11.7 Å². The molecule has 1 N–H and O–H groups in total. The van der Waals surface area contributed by atoms with E-state index in [-0.39, 0.29) is 0 Å². The normalized spacial score (nSPS) is 13.9. The van der Waals surface area contributed by atoms with Gasteiger partial charge in [0.25, 0.3) is 0 Å². The summed E-state index contributed by atoms with van der Waals surface area (Å²) in [6.45, 7) is 4.39. The van der Waals surface area contributed by atoms with Crippen molar-refractivity contribution in [2.45, 2.75) is 19.4 Å². The van der Waals surface area contributed by atoms with Crippen LogP contribution in [-0.2, 0) is 5.60 Å². The van der Waals surface area contributed by atoms with Gasteiger partial charge in [0.2, 0.25) is 0 Å². The Bertz CT molecular complexity index is 547. The highest BCUT2D eigenvalue weighted by Gasteiger charge is 2.25. The first-order chi connectivity index (χ1) is 9.04. The maximum atomic E-state index is 10.7. The summed E-state index contributed by atoms with van der Waals surface area (Å²) in [6.07, 6.45) is 0. The standard InChI is InChI=1S/C16H17BrO2/c1-3-19-15-9-7-12(8-10-15)16(2,18)13-5-4-6-14(17)11-13/h4-11,18H,3H2,1-2H3. The van der Waals surface area contributed by atoms with Crippen LogP contribution in [0.3, 0.4) is 0 Å². The van der Waals surface area contributed by atoms with Crippen LogP contribution in [0.5, 0.6) is 5.75 Å². The SMILES string of the molecule is CCOc1ccc(C(C)(O)c2cccc(Br)c2)cc1. The van der Waals surface area contributed by atoms with Crippen molar-refractivity contribution in [2.75, 3.05) is 6.61 Å². The second-order valence-electron chi connectivity index (χ2n) is 4.54. The van der Waals surface area contributed by atoms with E-state index in [2.05, 4.69) is 15.9 Å². The average molecular weight is 321 g/mol. The maximum absolute atomic E-state index is 10.7. The van der Waals surface area contributed by atoms with E-state index in [0.29, 0.717) is 6.61 Å². The molecule has 19 heavy (non-hydrogen) atoms. The third-order valence-corrected chi connectivity index (χ3v) is 3.61. The molecule has 0 bridgehead atoms. The molecule has 0 spiro atoms. The first-order valence-electron chi connectivity index (χ1n) is 6.26. The Labute approximate surface area is 122 Å². The summed E-state index contributed by atoms with van der Waals surface area (Å²) in [4.78, 5) is 0. The van der Waals surface area contributed by atoms with Crippen molar-refractivity contribution in [3.8, 4) is 5.75 Å². The third-order valence-electron chi connectivity index (χ3n) is 3.11. The van der Waals surface area contributed by atoms with Crippen molar-refractivity contribution in [3.05, 3.63) is 64.1 Å². The molecule has 2 aromatic carbocycles. The van der Waals surface area contributed by atoms with Crippen molar-refractivity contribution >= 4 is 15.9 Å². The van der Waals surface area contributed by atoms with Gasteiger partial charge in [-0.25, -0.2) is 0 Å². The Morgan fingerprint density at radius 2 is 1.79 bits per heavy atom. The molecular weight excluding hydrogens is 304 g/mol. The minimum atomic E-state index is -1.02. The molecule has 0 amide bonds. The van der Waals surface area contributed by atoms with Crippen molar-refractivity contribution in [1.82, 2.24) is 0 Å². The van der Waals surface area contributed by atoms with E-state index in [9.17, 15) is 5.11 Å². The van der Waals surface area contributed by atoms with Crippen LogP contribution in [0.25, 0.3) is 0 Å². The van der Waals surface area contributed by atoms with Gasteiger partial charge in [0.1, 0.15) is 11.4 Å². The number of ether oxygens (including phenoxy) is 1. The van der Waals surface area contributed by atoms with Crippen molar-refractivity contribution in [1.29, 1.82) is 0 Å². The lowest BCUT2D eigenvalue weighted by Crippen LogP contribution is -2.22. The molecule has 0 fully saturated rings. The number of halogens is 1. The summed E-state index contributed by atoms with van der Waals surface area (Å²) in [5.74, 6) is 0.816. The van der Waals surface area contributed by atoms with Crippen molar-refractivity contribution in [3.63, 3.8) is 0 Å². The van der Waals surface area contributed by atoms with Crippen LogP contribution in [0.4, 0.5) is 0 Å². The largest absolute Gasteiger partial charge is 0.494 e. The molecule has 0 saturated heterocycles. The number of rotatable bonds is 4. The second kappa shape index (κ2) is 5.76. The molecule has 2 nitrogen and oxygen atoms in total. The van der Waals surface area contributed by atoms with E-state index in [4.69, 9.17) is 4.74 Å². The highest BCUT2D eigenvalue weighted by Crippen LogP contribution is 2.31. The van der Waals surface area contributed by atoms with E-state index >= 15 is 0 Å². The molecule has 0 aromatic heterocycles. The molecule has 0 aliphatic heterocycles. The van der Waals surface area contributed by atoms with Crippen LogP contribution >= 0.6 is 15.9 Å². The predicted octanol–water partition coefficient (Wildman–Crippen LogP) is 4.10. The van der Waals surface area contributed by atoms with Crippen molar-refractivity contribution < 1.29 is 9.84 Å². The maximum Gasteiger partial charge on any atom is 0.119 e. The topological polar surface area (TPSA) is 29.5 Å². The summed E-state index contributed by atoms with van der Waals surface area (Å²) >= 11 is 3.43. The van der Waals surface area contributed by atoms with E-state index in [1.807, 2.05) is 55.5 Å². The van der Waals surface area contributed by atoms with Gasteiger partial charge >= 0.3 is 0 Å². The fourth-order valence-corrected chi connectivity index (χ4v) is 2.40. The predicted molar refractivity (Wildman–Crippen MR) is 80.4 cm³/mol. The summed E-state index contributed by atoms with van der Waals surface area (Å²) < 4.78 is 6.36. The van der Waals surface area contributed by atoms with E-state index in [0.717, 1.165) is 21.3 Å². The van der Waals surface area contributed by atoms with Crippen LogP contribution in [0.2, 0.25) is 0 Å². The number of hydrogen-bond donors (Lipinski definition) is 1. The van der Waals surface area contributed by atoms with Gasteiger partial charge in [0, 0.05) is 4.47 Å². The monoisotopic (exact) mass is 320 g/mol. The first kappa shape index (κ1) is 14.1. The van der Waals surface area contributed by atoms with Gasteiger partial charge in [-0.1, -0.05) is 40.2 Å². The number of benzene rings is 2. The molecule has 0 radical (unpaired) electrons. The summed E-state index contributed by atoms with van der Waals surface area (Å²) in [5.41, 5.74) is 0.675. The van der Waals surface area contributed by atoms with Crippen LogP contribution < -0.4 is 4.74 Å². The molecule has 3 heteroatoms.